The first-order valence-electron chi connectivity index (χ1n) is 8.68. The Morgan fingerprint density at radius 3 is 2.74 bits per heavy atom. The molecule has 0 radical (unpaired) electrons. The number of pyridine rings is 1. The average Bonchev–Trinajstić information content (AvgIpc) is 3.10. The molecule has 0 saturated heterocycles. The first-order valence-corrected chi connectivity index (χ1v) is 8.68. The fourth-order valence-corrected chi connectivity index (χ4v) is 3.15. The second-order valence-electron chi connectivity index (χ2n) is 6.58. The van der Waals surface area contributed by atoms with E-state index in [1.165, 1.54) is 5.56 Å². The topological polar surface area (TPSA) is 88.2 Å². The van der Waals surface area contributed by atoms with E-state index in [1.54, 1.807) is 37.6 Å². The summed E-state index contributed by atoms with van der Waals surface area (Å²) in [4.78, 5) is 14.4. The van der Waals surface area contributed by atoms with Gasteiger partial charge in [-0.05, 0) is 54.8 Å². The van der Waals surface area contributed by atoms with Crippen molar-refractivity contribution in [1.82, 2.24) is 15.0 Å². The normalized spacial score (nSPS) is 14.8. The number of fused-ring (bicyclic) bond motifs is 1. The third-order valence-corrected chi connectivity index (χ3v) is 4.61. The van der Waals surface area contributed by atoms with Gasteiger partial charge in [0.15, 0.2) is 0 Å². The number of rotatable bonds is 2. The van der Waals surface area contributed by atoms with Gasteiger partial charge in [0, 0.05) is 36.4 Å². The van der Waals surface area contributed by atoms with Crippen molar-refractivity contribution < 1.29 is 5.11 Å². The van der Waals surface area contributed by atoms with Crippen LogP contribution in [0.4, 0.5) is 17.5 Å². The van der Waals surface area contributed by atoms with Crippen LogP contribution in [0.1, 0.15) is 23.6 Å². The van der Waals surface area contributed by atoms with Gasteiger partial charge >= 0.3 is 0 Å². The van der Waals surface area contributed by atoms with E-state index in [0.717, 1.165) is 30.0 Å². The zero-order valence-corrected chi connectivity index (χ0v) is 14.9. The first kappa shape index (κ1) is 17.0. The van der Waals surface area contributed by atoms with Gasteiger partial charge in [0.1, 0.15) is 11.4 Å². The Kier molecular flexibility index (Phi) is 4.22. The van der Waals surface area contributed by atoms with Gasteiger partial charge in [-0.2, -0.15) is 4.98 Å². The predicted molar refractivity (Wildman–Crippen MR) is 104 cm³/mol. The largest absolute Gasteiger partial charge is 0.374 e. The maximum Gasteiger partial charge on any atom is 0.221 e. The average molecular weight is 357 g/mol. The number of hydrogen-bond acceptors (Lipinski definition) is 6. The van der Waals surface area contributed by atoms with Crippen LogP contribution in [0.2, 0.25) is 0 Å². The SMILES string of the molecule is CC(O)(C#Cc1ccc2c(c1)N(c1ccnc(N)n1)CC2)c1ccncc1. The zero-order valence-electron chi connectivity index (χ0n) is 14.9. The highest BCUT2D eigenvalue weighted by Gasteiger charge is 2.22. The molecule has 4 rings (SSSR count). The Morgan fingerprint density at radius 1 is 1.15 bits per heavy atom. The molecular formula is C21H19N5O. The highest BCUT2D eigenvalue weighted by molar-refractivity contribution is 5.69. The maximum atomic E-state index is 10.7. The summed E-state index contributed by atoms with van der Waals surface area (Å²) in [5.41, 5.74) is 8.31. The van der Waals surface area contributed by atoms with E-state index >= 15 is 0 Å². The van der Waals surface area contributed by atoms with Crippen LogP contribution < -0.4 is 10.6 Å². The van der Waals surface area contributed by atoms with Gasteiger partial charge in [-0.3, -0.25) is 4.98 Å². The fourth-order valence-electron chi connectivity index (χ4n) is 3.15. The summed E-state index contributed by atoms with van der Waals surface area (Å²) in [5, 5.41) is 10.7. The molecule has 3 aromatic rings. The highest BCUT2D eigenvalue weighted by Crippen LogP contribution is 2.34. The smallest absolute Gasteiger partial charge is 0.221 e. The molecule has 1 aliphatic rings. The Labute approximate surface area is 157 Å². The fraction of sp³-hybridized carbons (Fsp3) is 0.190. The van der Waals surface area contributed by atoms with E-state index in [9.17, 15) is 5.11 Å². The number of nitrogens with two attached hydrogens (primary N) is 1. The molecule has 1 unspecified atom stereocenters. The summed E-state index contributed by atoms with van der Waals surface area (Å²) in [6.07, 6.45) is 5.88. The van der Waals surface area contributed by atoms with Crippen LogP contribution in [-0.2, 0) is 12.0 Å². The number of aromatic nitrogens is 3. The molecule has 6 nitrogen and oxygen atoms in total. The third-order valence-electron chi connectivity index (χ3n) is 4.61. The summed E-state index contributed by atoms with van der Waals surface area (Å²) in [6, 6.07) is 11.4. The lowest BCUT2D eigenvalue weighted by Crippen LogP contribution is -2.18. The summed E-state index contributed by atoms with van der Waals surface area (Å²) < 4.78 is 0. The van der Waals surface area contributed by atoms with Crippen molar-refractivity contribution in [2.45, 2.75) is 18.9 Å². The molecule has 0 bridgehead atoms. The van der Waals surface area contributed by atoms with Crippen LogP contribution in [0.25, 0.3) is 0 Å². The molecular weight excluding hydrogens is 338 g/mol. The first-order chi connectivity index (χ1) is 13.0. The molecule has 3 heterocycles. The molecule has 0 spiro atoms. The van der Waals surface area contributed by atoms with Crippen LogP contribution >= 0.6 is 0 Å². The van der Waals surface area contributed by atoms with Crippen LogP contribution in [0.5, 0.6) is 0 Å². The van der Waals surface area contributed by atoms with Crippen molar-refractivity contribution in [3.63, 3.8) is 0 Å². The van der Waals surface area contributed by atoms with Gasteiger partial charge in [-0.25, -0.2) is 4.98 Å². The van der Waals surface area contributed by atoms with Crippen molar-refractivity contribution in [3.05, 3.63) is 71.7 Å². The Hall–Kier alpha value is -3.43. The molecule has 0 fully saturated rings. The van der Waals surface area contributed by atoms with Crippen LogP contribution in [-0.4, -0.2) is 26.6 Å². The standard InChI is InChI=1S/C21H19N5O/c1-21(27,17-5-10-23-11-6-17)9-4-15-2-3-16-8-13-26(18(16)14-15)19-7-12-24-20(22)25-19/h2-3,5-7,10-12,14,27H,8,13H2,1H3,(H2,22,24,25). The van der Waals surface area contributed by atoms with Crippen LogP contribution in [0.3, 0.4) is 0 Å². The Balaban J connectivity index is 1.65. The van der Waals surface area contributed by atoms with E-state index < -0.39 is 5.60 Å². The second-order valence-corrected chi connectivity index (χ2v) is 6.58. The minimum absolute atomic E-state index is 0.255. The molecule has 27 heavy (non-hydrogen) atoms. The number of nitrogen functional groups attached to an aromatic ring is 1. The molecule has 1 atom stereocenters. The number of nitrogens with zero attached hydrogens (tertiary/aromatic N) is 4. The number of hydrogen-bond donors (Lipinski definition) is 2. The molecule has 0 saturated carbocycles. The lowest BCUT2D eigenvalue weighted by atomic mass is 9.97. The Bertz CT molecular complexity index is 1040. The number of anilines is 3. The third kappa shape index (κ3) is 3.46. The summed E-state index contributed by atoms with van der Waals surface area (Å²) >= 11 is 0. The van der Waals surface area contributed by atoms with Crippen molar-refractivity contribution >= 4 is 17.5 Å². The highest BCUT2D eigenvalue weighted by atomic mass is 16.3. The second kappa shape index (κ2) is 6.71. The summed E-state index contributed by atoms with van der Waals surface area (Å²) in [5.74, 6) is 7.08. The monoisotopic (exact) mass is 357 g/mol. The van der Waals surface area contributed by atoms with Gasteiger partial charge in [-0.15, -0.1) is 0 Å². The molecule has 0 aliphatic carbocycles. The van der Waals surface area contributed by atoms with E-state index in [0.29, 0.717) is 5.56 Å². The van der Waals surface area contributed by atoms with Crippen molar-refractivity contribution in [1.29, 1.82) is 0 Å². The van der Waals surface area contributed by atoms with E-state index in [2.05, 4.69) is 37.8 Å². The van der Waals surface area contributed by atoms with E-state index in [-0.39, 0.29) is 5.95 Å². The van der Waals surface area contributed by atoms with Gasteiger partial charge in [0.25, 0.3) is 0 Å². The molecule has 0 amide bonds. The lowest BCUT2D eigenvalue weighted by Gasteiger charge is -2.18. The minimum atomic E-state index is -1.25. The van der Waals surface area contributed by atoms with Crippen LogP contribution in [0, 0.1) is 11.8 Å². The molecule has 134 valence electrons. The molecule has 3 N–H and O–H groups in total. The van der Waals surface area contributed by atoms with Gasteiger partial charge < -0.3 is 15.7 Å². The summed E-state index contributed by atoms with van der Waals surface area (Å²) in [6.45, 7) is 2.51. The van der Waals surface area contributed by atoms with Crippen molar-refractivity contribution in [3.8, 4) is 11.8 Å². The van der Waals surface area contributed by atoms with Crippen molar-refractivity contribution in [2.24, 2.45) is 0 Å². The van der Waals surface area contributed by atoms with Gasteiger partial charge in [0.2, 0.25) is 5.95 Å². The van der Waals surface area contributed by atoms with E-state index in [1.807, 2.05) is 18.2 Å². The summed E-state index contributed by atoms with van der Waals surface area (Å²) in [7, 11) is 0. The van der Waals surface area contributed by atoms with Gasteiger partial charge in [-0.1, -0.05) is 17.9 Å². The lowest BCUT2D eigenvalue weighted by molar-refractivity contribution is 0.122. The number of aliphatic hydroxyl groups is 1. The van der Waals surface area contributed by atoms with E-state index in [4.69, 9.17) is 5.73 Å². The molecule has 1 aliphatic heterocycles. The van der Waals surface area contributed by atoms with Crippen LogP contribution in [0.15, 0.2) is 55.0 Å². The predicted octanol–water partition coefficient (Wildman–Crippen LogP) is 2.41. The number of benzene rings is 1. The molecule has 1 aromatic carbocycles. The van der Waals surface area contributed by atoms with Gasteiger partial charge in [0.05, 0.1) is 0 Å². The zero-order chi connectivity index (χ0) is 18.9. The molecule has 6 heteroatoms. The van der Waals surface area contributed by atoms with Crippen molar-refractivity contribution in [2.75, 3.05) is 17.2 Å². The quantitative estimate of drug-likeness (QED) is 0.685. The molecule has 2 aromatic heterocycles. The maximum absolute atomic E-state index is 10.7. The Morgan fingerprint density at radius 2 is 1.96 bits per heavy atom. The minimum Gasteiger partial charge on any atom is -0.374 e.